The fraction of sp³-hybridized carbons (Fsp3) is 0.286. The van der Waals surface area contributed by atoms with Crippen molar-refractivity contribution in [3.8, 4) is 0 Å². The Hall–Kier alpha value is -2.91. The van der Waals surface area contributed by atoms with Gasteiger partial charge in [0, 0.05) is 31.7 Å². The van der Waals surface area contributed by atoms with E-state index in [0.717, 1.165) is 0 Å². The van der Waals surface area contributed by atoms with Crippen molar-refractivity contribution >= 4 is 48.1 Å². The molecule has 0 saturated carbocycles. The summed E-state index contributed by atoms with van der Waals surface area (Å²) in [6.07, 6.45) is 0. The van der Waals surface area contributed by atoms with Gasteiger partial charge in [-0.25, -0.2) is 8.42 Å². The number of hydrogen-bond donors (Lipinski definition) is 2. The van der Waals surface area contributed by atoms with Crippen LogP contribution >= 0.6 is 11.3 Å². The van der Waals surface area contributed by atoms with Crippen LogP contribution in [-0.4, -0.2) is 75.4 Å². The van der Waals surface area contributed by atoms with Gasteiger partial charge in [-0.1, -0.05) is 35.6 Å². The maximum absolute atomic E-state index is 13.2. The molecular formula is C21H24N6O5S3. The number of carbonyl (C=O) groups excluding carboxylic acids is 1. The molecule has 3 aromatic rings. The van der Waals surface area contributed by atoms with Gasteiger partial charge in [-0.2, -0.15) is 12.7 Å². The molecule has 0 aliphatic carbocycles. The number of amides is 1. The van der Waals surface area contributed by atoms with Crippen molar-refractivity contribution < 1.29 is 21.6 Å². The maximum Gasteiger partial charge on any atom is 0.291 e. The second-order valence-electron chi connectivity index (χ2n) is 7.99. The number of nitrogens with zero attached hydrogens (tertiary/aromatic N) is 4. The van der Waals surface area contributed by atoms with Crippen LogP contribution in [0.4, 0.5) is 10.8 Å². The fourth-order valence-corrected chi connectivity index (χ4v) is 7.05. The molecule has 4 rings (SSSR count). The second-order valence-corrected chi connectivity index (χ2v) is 12.7. The van der Waals surface area contributed by atoms with E-state index < -0.39 is 26.0 Å². The first-order valence-electron chi connectivity index (χ1n) is 10.6. The monoisotopic (exact) mass is 536 g/mol. The Labute approximate surface area is 207 Å². The molecule has 0 bridgehead atoms. The number of carbonyl (C=O) groups is 1. The number of likely N-dealkylation sites (N-methyl/N-ethyl adjacent to an activating group) is 1. The molecule has 1 fully saturated rings. The summed E-state index contributed by atoms with van der Waals surface area (Å²) < 4.78 is 55.5. The maximum atomic E-state index is 13.2. The van der Waals surface area contributed by atoms with E-state index in [9.17, 15) is 21.6 Å². The van der Waals surface area contributed by atoms with Crippen molar-refractivity contribution in [1.82, 2.24) is 19.4 Å². The zero-order chi connectivity index (χ0) is 25.2. The molecule has 0 spiro atoms. The third kappa shape index (κ3) is 5.67. The molecule has 14 heteroatoms. The molecule has 2 aromatic carbocycles. The zero-order valence-electron chi connectivity index (χ0n) is 19.0. The van der Waals surface area contributed by atoms with E-state index in [-0.39, 0.29) is 20.1 Å². The highest BCUT2D eigenvalue weighted by atomic mass is 32.2. The third-order valence-electron chi connectivity index (χ3n) is 5.41. The average molecular weight is 537 g/mol. The topological polar surface area (TPSA) is 142 Å². The van der Waals surface area contributed by atoms with Gasteiger partial charge in [0.25, 0.3) is 20.3 Å². The van der Waals surface area contributed by atoms with Crippen LogP contribution in [-0.2, 0) is 20.0 Å². The van der Waals surface area contributed by atoms with E-state index in [1.807, 2.05) is 11.9 Å². The highest BCUT2D eigenvalue weighted by molar-refractivity contribution is 7.94. The molecule has 186 valence electrons. The van der Waals surface area contributed by atoms with Crippen molar-refractivity contribution in [3.63, 3.8) is 0 Å². The summed E-state index contributed by atoms with van der Waals surface area (Å²) in [6.45, 7) is 3.61. The first-order valence-corrected chi connectivity index (χ1v) is 14.3. The highest BCUT2D eigenvalue weighted by Crippen LogP contribution is 2.27. The Morgan fingerprint density at radius 2 is 1.66 bits per heavy atom. The zero-order valence-corrected chi connectivity index (χ0v) is 21.5. The number of sulfonamides is 2. The molecule has 1 saturated heterocycles. The molecule has 1 aliphatic rings. The average Bonchev–Trinajstić information content (AvgIpc) is 3.30. The highest BCUT2D eigenvalue weighted by Gasteiger charge is 2.29. The van der Waals surface area contributed by atoms with E-state index in [1.54, 1.807) is 43.3 Å². The van der Waals surface area contributed by atoms with Gasteiger partial charge < -0.3 is 4.90 Å². The summed E-state index contributed by atoms with van der Waals surface area (Å²) >= 11 is 0.682. The van der Waals surface area contributed by atoms with Gasteiger partial charge >= 0.3 is 0 Å². The fourth-order valence-electron chi connectivity index (χ4n) is 3.44. The minimum Gasteiger partial charge on any atom is -0.304 e. The van der Waals surface area contributed by atoms with Crippen LogP contribution in [0.2, 0.25) is 0 Å². The summed E-state index contributed by atoms with van der Waals surface area (Å²) in [5.41, 5.74) is 0.973. The summed E-state index contributed by atoms with van der Waals surface area (Å²) in [5, 5.41) is 9.94. The number of benzene rings is 2. The molecule has 11 nitrogen and oxygen atoms in total. The van der Waals surface area contributed by atoms with Crippen LogP contribution < -0.4 is 10.0 Å². The van der Waals surface area contributed by atoms with Gasteiger partial charge in [0.2, 0.25) is 15.2 Å². The van der Waals surface area contributed by atoms with Gasteiger partial charge in [0.15, 0.2) is 0 Å². The lowest BCUT2D eigenvalue weighted by Crippen LogP contribution is -2.47. The number of aryl methyl sites for hydroxylation is 1. The van der Waals surface area contributed by atoms with Crippen LogP contribution in [0.5, 0.6) is 0 Å². The number of rotatable bonds is 7. The smallest absolute Gasteiger partial charge is 0.291 e. The molecule has 1 aliphatic heterocycles. The molecule has 0 atom stereocenters. The van der Waals surface area contributed by atoms with Crippen LogP contribution in [0.25, 0.3) is 0 Å². The van der Waals surface area contributed by atoms with Gasteiger partial charge in [0.1, 0.15) is 0 Å². The van der Waals surface area contributed by atoms with Gasteiger partial charge in [-0.05, 0) is 43.8 Å². The van der Waals surface area contributed by atoms with Crippen molar-refractivity contribution in [3.05, 3.63) is 59.7 Å². The minimum atomic E-state index is -4.17. The van der Waals surface area contributed by atoms with Crippen LogP contribution in [0.1, 0.15) is 15.9 Å². The predicted molar refractivity (Wildman–Crippen MR) is 133 cm³/mol. The van der Waals surface area contributed by atoms with Crippen LogP contribution in [0, 0.1) is 6.92 Å². The second kappa shape index (κ2) is 9.99. The summed E-state index contributed by atoms with van der Waals surface area (Å²) in [5.74, 6) is -0.448. The predicted octanol–water partition coefficient (Wildman–Crippen LogP) is 1.84. The normalized spacial score (nSPS) is 15.6. The lowest BCUT2D eigenvalue weighted by molar-refractivity contribution is 0.102. The number of anilines is 2. The molecular weight excluding hydrogens is 512 g/mol. The number of hydrogen-bond acceptors (Lipinski definition) is 9. The molecule has 2 N–H and O–H groups in total. The number of nitrogens with one attached hydrogen (secondary N) is 2. The first-order chi connectivity index (χ1) is 16.6. The Morgan fingerprint density at radius 1 is 0.971 bits per heavy atom. The van der Waals surface area contributed by atoms with E-state index >= 15 is 0 Å². The van der Waals surface area contributed by atoms with Crippen LogP contribution in [0.15, 0.2) is 57.8 Å². The lowest BCUT2D eigenvalue weighted by atomic mass is 10.2. The van der Waals surface area contributed by atoms with Gasteiger partial charge in [-0.3, -0.25) is 14.8 Å². The Morgan fingerprint density at radius 3 is 2.34 bits per heavy atom. The summed E-state index contributed by atoms with van der Waals surface area (Å²) in [7, 11) is -6.04. The molecule has 0 radical (unpaired) electrons. The minimum absolute atomic E-state index is 0.0152. The lowest BCUT2D eigenvalue weighted by Gasteiger charge is -2.32. The van der Waals surface area contributed by atoms with Crippen LogP contribution in [0.3, 0.4) is 0 Å². The summed E-state index contributed by atoms with van der Waals surface area (Å²) in [4.78, 5) is 14.4. The van der Waals surface area contributed by atoms with Crippen molar-refractivity contribution in [2.75, 3.05) is 43.3 Å². The number of aromatic nitrogens is 2. The van der Waals surface area contributed by atoms with E-state index in [1.165, 1.54) is 16.4 Å². The molecule has 0 unspecified atom stereocenters. The van der Waals surface area contributed by atoms with Crippen molar-refractivity contribution in [2.45, 2.75) is 16.2 Å². The first kappa shape index (κ1) is 25.2. The van der Waals surface area contributed by atoms with Gasteiger partial charge in [0.05, 0.1) is 10.6 Å². The van der Waals surface area contributed by atoms with E-state index in [0.29, 0.717) is 48.6 Å². The molecule has 35 heavy (non-hydrogen) atoms. The van der Waals surface area contributed by atoms with E-state index in [4.69, 9.17) is 0 Å². The van der Waals surface area contributed by atoms with Crippen molar-refractivity contribution in [2.24, 2.45) is 0 Å². The quantitative estimate of drug-likeness (QED) is 0.436. The summed E-state index contributed by atoms with van der Waals surface area (Å²) in [6, 6.07) is 12.7. The Balaban J connectivity index is 1.52. The largest absolute Gasteiger partial charge is 0.304 e. The van der Waals surface area contributed by atoms with Crippen molar-refractivity contribution in [1.29, 1.82) is 0 Å². The van der Waals surface area contributed by atoms with E-state index in [2.05, 4.69) is 20.2 Å². The van der Waals surface area contributed by atoms with Gasteiger partial charge in [-0.15, -0.1) is 10.2 Å². The SMILES string of the molecule is Cc1ccc(NS(=O)(=O)c2nnc(NC(=O)c3ccccc3)s2)cc1S(=O)(=O)N1CCN(C)CC1. The number of piperazine rings is 1. The molecule has 1 aromatic heterocycles. The molecule has 1 amide bonds. The Bertz CT molecular complexity index is 1430. The molecule has 2 heterocycles. The standard InChI is InChI=1S/C21H24N6O5S3/c1-15-8-9-17(14-18(15)35(31,32)27-12-10-26(2)11-13-27)25-34(29,30)21-24-23-20(33-21)22-19(28)16-6-4-3-5-7-16/h3-9,14,25H,10-13H2,1-2H3,(H,22,23,28). The third-order valence-corrected chi connectivity index (χ3v) is 10.0. The Kier molecular flexibility index (Phi) is 7.19.